The lowest BCUT2D eigenvalue weighted by Gasteiger charge is -2.44. The van der Waals surface area contributed by atoms with Gasteiger partial charge >= 0.3 is 0 Å². The van der Waals surface area contributed by atoms with Crippen molar-refractivity contribution in [3.63, 3.8) is 0 Å². The first-order valence-electron chi connectivity index (χ1n) is 14.1. The van der Waals surface area contributed by atoms with Crippen molar-refractivity contribution in [1.29, 1.82) is 0 Å². The number of ether oxygens (including phenoxy) is 3. The van der Waals surface area contributed by atoms with Crippen LogP contribution in [0.1, 0.15) is 52.0 Å². The number of hydrogen-bond acceptors (Lipinski definition) is 6. The Morgan fingerprint density at radius 2 is 1.48 bits per heavy atom. The minimum Gasteiger partial charge on any atom is -0.493 e. The van der Waals surface area contributed by atoms with Gasteiger partial charge in [-0.25, -0.2) is 0 Å². The van der Waals surface area contributed by atoms with Gasteiger partial charge in [0, 0.05) is 19.5 Å². The fourth-order valence-corrected chi connectivity index (χ4v) is 4.97. The number of amides is 3. The highest BCUT2D eigenvalue weighted by Gasteiger charge is 2.44. The number of nitrogens with zero attached hydrogens (tertiary/aromatic N) is 2. The molecule has 1 aliphatic heterocycles. The predicted molar refractivity (Wildman–Crippen MR) is 155 cm³/mol. The third-order valence-electron chi connectivity index (χ3n) is 7.35. The molecule has 9 heteroatoms. The number of piperazine rings is 1. The van der Waals surface area contributed by atoms with E-state index in [1.165, 1.54) is 4.90 Å². The number of carbonyl (C=O) groups is 3. The molecule has 2 aromatic rings. The summed E-state index contributed by atoms with van der Waals surface area (Å²) < 4.78 is 16.4. The maximum atomic E-state index is 13.7. The number of methoxy groups -OCH3 is 3. The maximum absolute atomic E-state index is 13.7. The van der Waals surface area contributed by atoms with Crippen molar-refractivity contribution in [2.24, 2.45) is 0 Å². The molecular formula is C31H43N3O6. The smallest absolute Gasteiger partial charge is 0.246 e. The van der Waals surface area contributed by atoms with Crippen LogP contribution in [0, 0.1) is 0 Å². The summed E-state index contributed by atoms with van der Waals surface area (Å²) in [5.74, 6) is 1.10. The van der Waals surface area contributed by atoms with Gasteiger partial charge in [0.15, 0.2) is 11.5 Å². The molecule has 1 unspecified atom stereocenters. The fraction of sp³-hybridized carbons (Fsp3) is 0.516. The summed E-state index contributed by atoms with van der Waals surface area (Å²) in [6, 6.07) is 10.3. The molecule has 1 fully saturated rings. The van der Waals surface area contributed by atoms with E-state index < -0.39 is 12.1 Å². The van der Waals surface area contributed by atoms with Crippen LogP contribution >= 0.6 is 0 Å². The molecule has 2 aromatic carbocycles. The highest BCUT2D eigenvalue weighted by molar-refractivity contribution is 5.99. The van der Waals surface area contributed by atoms with Gasteiger partial charge < -0.3 is 29.3 Å². The number of rotatable bonds is 14. The lowest BCUT2D eigenvalue weighted by atomic mass is 9.96. The first-order valence-corrected chi connectivity index (χ1v) is 14.1. The van der Waals surface area contributed by atoms with Gasteiger partial charge in [-0.3, -0.25) is 14.4 Å². The molecule has 0 radical (unpaired) electrons. The number of hydrogen-bond donors (Lipinski definition) is 1. The van der Waals surface area contributed by atoms with Gasteiger partial charge in [-0.05, 0) is 48.6 Å². The van der Waals surface area contributed by atoms with E-state index in [1.54, 1.807) is 33.2 Å². The van der Waals surface area contributed by atoms with Gasteiger partial charge in [-0.15, -0.1) is 0 Å². The van der Waals surface area contributed by atoms with Crippen LogP contribution in [-0.4, -0.2) is 80.6 Å². The summed E-state index contributed by atoms with van der Waals surface area (Å²) in [6.07, 6.45) is 3.91. The number of unbranched alkanes of at least 4 members (excludes halogenated alkanes) is 2. The van der Waals surface area contributed by atoms with Crippen molar-refractivity contribution in [2.45, 2.75) is 65.0 Å². The quantitative estimate of drug-likeness (QED) is 0.355. The van der Waals surface area contributed by atoms with E-state index in [0.717, 1.165) is 42.4 Å². The Hall–Kier alpha value is -3.75. The molecular weight excluding hydrogens is 510 g/mol. The second-order valence-electron chi connectivity index (χ2n) is 10.1. The molecule has 0 bridgehead atoms. The van der Waals surface area contributed by atoms with Crippen molar-refractivity contribution < 1.29 is 28.6 Å². The van der Waals surface area contributed by atoms with E-state index in [2.05, 4.69) is 12.2 Å². The zero-order valence-corrected chi connectivity index (χ0v) is 24.6. The number of benzene rings is 2. The Morgan fingerprint density at radius 3 is 2.02 bits per heavy atom. The zero-order valence-electron chi connectivity index (χ0n) is 24.6. The molecule has 0 aromatic heterocycles. The highest BCUT2D eigenvalue weighted by atomic mass is 16.5. The number of carbonyl (C=O) groups excluding carboxylic acids is 3. The van der Waals surface area contributed by atoms with E-state index in [9.17, 15) is 14.4 Å². The average Bonchev–Trinajstić information content (AvgIpc) is 2.97. The van der Waals surface area contributed by atoms with Gasteiger partial charge in [0.25, 0.3) is 0 Å². The van der Waals surface area contributed by atoms with Gasteiger partial charge in [0.05, 0.1) is 21.3 Å². The summed E-state index contributed by atoms with van der Waals surface area (Å²) >= 11 is 0. The topological polar surface area (TPSA) is 97.4 Å². The Bertz CT molecular complexity index is 1140. The molecule has 1 aliphatic rings. The molecule has 0 spiro atoms. The SMILES string of the molecule is CCCCNC(=O)CN1C(=O)C(Cc2ccc(-c3cc(OC)c(OC)c(OC)c3)cc2)N(CCCC)C(=O)[C@H]1C. The standard InChI is InChI=1S/C31H43N3O6/c1-7-9-15-32-28(35)20-34-21(3)30(36)33(16-10-8-2)25(31(34)37)17-22-11-13-23(14-12-22)24-18-26(38-4)29(40-6)27(19-24)39-5/h11-14,18-19,21,25H,7-10,15-17,20H2,1-6H3,(H,32,35)/t21-,25?/m1/s1. The van der Waals surface area contributed by atoms with Crippen LogP contribution in [0.4, 0.5) is 0 Å². The van der Waals surface area contributed by atoms with E-state index in [4.69, 9.17) is 14.2 Å². The maximum Gasteiger partial charge on any atom is 0.246 e. The predicted octanol–water partition coefficient (Wildman–Crippen LogP) is 4.07. The van der Waals surface area contributed by atoms with Crippen molar-refractivity contribution in [1.82, 2.24) is 15.1 Å². The molecule has 2 atom stereocenters. The lowest BCUT2D eigenvalue weighted by Crippen LogP contribution is -2.65. The second kappa shape index (κ2) is 14.6. The summed E-state index contributed by atoms with van der Waals surface area (Å²) in [7, 11) is 4.72. The van der Waals surface area contributed by atoms with Crippen LogP contribution in [-0.2, 0) is 20.8 Å². The second-order valence-corrected chi connectivity index (χ2v) is 10.1. The zero-order chi connectivity index (χ0) is 29.2. The van der Waals surface area contributed by atoms with Gasteiger partial charge in [0.2, 0.25) is 23.5 Å². The van der Waals surface area contributed by atoms with Crippen molar-refractivity contribution >= 4 is 17.7 Å². The molecule has 0 saturated carbocycles. The Labute approximate surface area is 237 Å². The molecule has 0 aliphatic carbocycles. The first kappa shape index (κ1) is 30.8. The fourth-order valence-electron chi connectivity index (χ4n) is 4.97. The summed E-state index contributed by atoms with van der Waals surface area (Å²) in [5.41, 5.74) is 2.75. The molecule has 1 saturated heterocycles. The Morgan fingerprint density at radius 1 is 0.850 bits per heavy atom. The van der Waals surface area contributed by atoms with Crippen LogP contribution in [0.15, 0.2) is 36.4 Å². The first-order chi connectivity index (χ1) is 19.3. The third-order valence-corrected chi connectivity index (χ3v) is 7.35. The number of nitrogens with one attached hydrogen (secondary N) is 1. The minimum absolute atomic E-state index is 0.117. The van der Waals surface area contributed by atoms with E-state index in [-0.39, 0.29) is 24.3 Å². The lowest BCUT2D eigenvalue weighted by molar-refractivity contribution is -0.162. The minimum atomic E-state index is -0.681. The summed E-state index contributed by atoms with van der Waals surface area (Å²) in [6.45, 7) is 6.77. The van der Waals surface area contributed by atoms with E-state index in [1.807, 2.05) is 43.3 Å². The normalized spacial score (nSPS) is 17.1. The van der Waals surface area contributed by atoms with Gasteiger partial charge in [0.1, 0.15) is 18.6 Å². The molecule has 1 heterocycles. The Balaban J connectivity index is 1.85. The van der Waals surface area contributed by atoms with Crippen molar-refractivity contribution in [3.8, 4) is 28.4 Å². The van der Waals surface area contributed by atoms with E-state index in [0.29, 0.717) is 36.8 Å². The van der Waals surface area contributed by atoms with Gasteiger partial charge in [-0.2, -0.15) is 0 Å². The molecule has 40 heavy (non-hydrogen) atoms. The average molecular weight is 554 g/mol. The van der Waals surface area contributed by atoms with Crippen LogP contribution < -0.4 is 19.5 Å². The molecule has 9 nitrogen and oxygen atoms in total. The summed E-state index contributed by atoms with van der Waals surface area (Å²) in [5, 5.41) is 2.86. The van der Waals surface area contributed by atoms with Crippen LogP contribution in [0.25, 0.3) is 11.1 Å². The monoisotopic (exact) mass is 553 g/mol. The molecule has 3 amide bonds. The Kier molecular flexibility index (Phi) is 11.2. The molecule has 218 valence electrons. The van der Waals surface area contributed by atoms with Crippen LogP contribution in [0.5, 0.6) is 17.2 Å². The van der Waals surface area contributed by atoms with Crippen LogP contribution in [0.3, 0.4) is 0 Å². The molecule has 3 rings (SSSR count). The third kappa shape index (κ3) is 7.06. The highest BCUT2D eigenvalue weighted by Crippen LogP contribution is 2.41. The van der Waals surface area contributed by atoms with Crippen molar-refractivity contribution in [2.75, 3.05) is 41.0 Å². The largest absolute Gasteiger partial charge is 0.493 e. The molecule has 1 N–H and O–H groups in total. The summed E-state index contributed by atoms with van der Waals surface area (Å²) in [4.78, 5) is 42.8. The van der Waals surface area contributed by atoms with Gasteiger partial charge in [-0.1, -0.05) is 51.0 Å². The van der Waals surface area contributed by atoms with Crippen molar-refractivity contribution in [3.05, 3.63) is 42.0 Å². The van der Waals surface area contributed by atoms with Crippen LogP contribution in [0.2, 0.25) is 0 Å². The van der Waals surface area contributed by atoms with E-state index >= 15 is 0 Å².